The van der Waals surface area contributed by atoms with Crippen molar-refractivity contribution in [3.8, 4) is 0 Å². The van der Waals surface area contributed by atoms with Gasteiger partial charge in [0.2, 0.25) is 0 Å². The molecule has 0 aromatic carbocycles. The molecule has 14 heavy (non-hydrogen) atoms. The lowest BCUT2D eigenvalue weighted by Gasteiger charge is -2.29. The second-order valence-corrected chi connectivity index (χ2v) is 4.06. The molecule has 0 bridgehead atoms. The van der Waals surface area contributed by atoms with Gasteiger partial charge in [0.1, 0.15) is 0 Å². The van der Waals surface area contributed by atoms with E-state index in [1.54, 1.807) is 0 Å². The predicted molar refractivity (Wildman–Crippen MR) is 45.1 cm³/mol. The summed E-state index contributed by atoms with van der Waals surface area (Å²) in [6.07, 6.45) is 2.03. The largest absolute Gasteiger partial charge is 0.477 e. The number of carboxylic acids is 1. The molecule has 4 atom stereocenters. The maximum Gasteiger partial charge on any atom is 0.364 e. The number of ether oxygens (including phenoxy) is 1. The van der Waals surface area contributed by atoms with Gasteiger partial charge < -0.3 is 20.1 Å². The third kappa shape index (κ3) is 1.24. The smallest absolute Gasteiger partial charge is 0.364 e. The van der Waals surface area contributed by atoms with Crippen molar-refractivity contribution in [2.75, 3.05) is 0 Å². The Morgan fingerprint density at radius 2 is 2.00 bits per heavy atom. The minimum absolute atomic E-state index is 0.232. The van der Waals surface area contributed by atoms with E-state index in [0.717, 1.165) is 19.3 Å². The first-order valence-corrected chi connectivity index (χ1v) is 4.87. The Morgan fingerprint density at radius 3 is 2.64 bits per heavy atom. The average molecular weight is 202 g/mol. The van der Waals surface area contributed by atoms with Gasteiger partial charge in [0.25, 0.3) is 5.79 Å². The maximum absolute atomic E-state index is 10.8. The summed E-state index contributed by atoms with van der Waals surface area (Å²) in [4.78, 5) is 10.8. The summed E-state index contributed by atoms with van der Waals surface area (Å²) >= 11 is 0. The minimum atomic E-state index is -2.18. The minimum Gasteiger partial charge on any atom is -0.477 e. The highest BCUT2D eigenvalue weighted by Gasteiger charge is 2.58. The fourth-order valence-corrected chi connectivity index (χ4v) is 2.55. The zero-order valence-corrected chi connectivity index (χ0v) is 7.72. The second kappa shape index (κ2) is 3.18. The van der Waals surface area contributed by atoms with Crippen LogP contribution in [-0.2, 0) is 9.53 Å². The number of aliphatic hydroxyl groups is 2. The van der Waals surface area contributed by atoms with Crippen LogP contribution in [0.1, 0.15) is 25.7 Å². The molecular weight excluding hydrogens is 188 g/mol. The summed E-state index contributed by atoms with van der Waals surface area (Å²) < 4.78 is 4.77. The lowest BCUT2D eigenvalue weighted by molar-refractivity contribution is -0.252. The van der Waals surface area contributed by atoms with Gasteiger partial charge in [-0.25, -0.2) is 4.79 Å². The van der Waals surface area contributed by atoms with Gasteiger partial charge in [0.05, 0.1) is 0 Å². The third-order valence-electron chi connectivity index (χ3n) is 3.30. The van der Waals surface area contributed by atoms with Crippen LogP contribution in [0, 0.1) is 11.8 Å². The molecule has 1 aliphatic heterocycles. The van der Waals surface area contributed by atoms with Crippen molar-refractivity contribution in [3.63, 3.8) is 0 Å². The predicted octanol–water partition coefficient (Wildman–Crippen LogP) is -0.0854. The molecule has 2 rings (SSSR count). The molecule has 1 saturated carbocycles. The first kappa shape index (κ1) is 9.89. The highest BCUT2D eigenvalue weighted by atomic mass is 16.7. The Kier molecular flexibility index (Phi) is 2.25. The van der Waals surface area contributed by atoms with E-state index in [4.69, 9.17) is 9.84 Å². The van der Waals surface area contributed by atoms with Gasteiger partial charge >= 0.3 is 5.97 Å². The molecule has 5 nitrogen and oxygen atoms in total. The molecule has 3 N–H and O–H groups in total. The first-order valence-electron chi connectivity index (χ1n) is 4.87. The van der Waals surface area contributed by atoms with Crippen LogP contribution in [0.15, 0.2) is 0 Å². The topological polar surface area (TPSA) is 87.0 Å². The highest BCUT2D eigenvalue weighted by Crippen LogP contribution is 2.46. The summed E-state index contributed by atoms with van der Waals surface area (Å²) in [7, 11) is 0. The number of aliphatic carboxylic acids is 1. The van der Waals surface area contributed by atoms with Gasteiger partial charge in [0.15, 0.2) is 6.29 Å². The Labute approximate surface area is 81.3 Å². The maximum atomic E-state index is 10.8. The molecule has 0 radical (unpaired) electrons. The summed E-state index contributed by atoms with van der Waals surface area (Å²) in [5, 5.41) is 28.1. The third-order valence-corrected chi connectivity index (χ3v) is 3.30. The molecule has 0 aromatic rings. The molecular formula is C9H14O5. The second-order valence-electron chi connectivity index (χ2n) is 4.06. The van der Waals surface area contributed by atoms with Crippen molar-refractivity contribution in [1.82, 2.24) is 0 Å². The number of rotatable bonds is 1. The summed E-state index contributed by atoms with van der Waals surface area (Å²) in [5.74, 6) is -4.27. The van der Waals surface area contributed by atoms with Gasteiger partial charge in [-0.05, 0) is 12.8 Å². The fourth-order valence-electron chi connectivity index (χ4n) is 2.55. The van der Waals surface area contributed by atoms with Crippen LogP contribution in [-0.4, -0.2) is 33.4 Å². The van der Waals surface area contributed by atoms with Crippen molar-refractivity contribution < 1.29 is 24.9 Å². The van der Waals surface area contributed by atoms with E-state index in [1.807, 2.05) is 0 Å². The zero-order chi connectivity index (χ0) is 10.3. The molecule has 80 valence electrons. The van der Waals surface area contributed by atoms with Gasteiger partial charge in [0, 0.05) is 11.8 Å². The Hall–Kier alpha value is -0.650. The number of aliphatic hydroxyl groups excluding tert-OH is 1. The fraction of sp³-hybridized carbons (Fsp3) is 0.889. The summed E-state index contributed by atoms with van der Waals surface area (Å²) in [5.41, 5.74) is 0. The van der Waals surface area contributed by atoms with Crippen molar-refractivity contribution in [3.05, 3.63) is 0 Å². The quantitative estimate of drug-likeness (QED) is 0.553. The Balaban J connectivity index is 2.25. The van der Waals surface area contributed by atoms with E-state index in [2.05, 4.69) is 0 Å². The van der Waals surface area contributed by atoms with Gasteiger partial charge in [-0.2, -0.15) is 0 Å². The van der Waals surface area contributed by atoms with E-state index in [0.29, 0.717) is 6.42 Å². The average Bonchev–Trinajstić information content (AvgIpc) is 2.42. The first-order chi connectivity index (χ1) is 6.55. The number of fused-ring (bicyclic) bond motifs is 1. The molecule has 0 aromatic heterocycles. The molecule has 1 heterocycles. The highest BCUT2D eigenvalue weighted by molar-refractivity contribution is 5.76. The van der Waals surface area contributed by atoms with E-state index < -0.39 is 24.0 Å². The van der Waals surface area contributed by atoms with Gasteiger partial charge in [-0.1, -0.05) is 12.8 Å². The lowest BCUT2D eigenvalue weighted by atomic mass is 9.76. The standard InChI is InChI=1S/C9H14O5/c10-7-5-3-1-2-4-6(5)9(13,14-7)8(11)12/h5-7,10,13H,1-4H2,(H,11,12). The Morgan fingerprint density at radius 1 is 1.36 bits per heavy atom. The van der Waals surface area contributed by atoms with Crippen LogP contribution in [0.5, 0.6) is 0 Å². The van der Waals surface area contributed by atoms with Crippen LogP contribution < -0.4 is 0 Å². The molecule has 0 spiro atoms. The van der Waals surface area contributed by atoms with Crippen LogP contribution in [0.25, 0.3) is 0 Å². The van der Waals surface area contributed by atoms with E-state index in [-0.39, 0.29) is 5.92 Å². The number of carbonyl (C=O) groups is 1. The van der Waals surface area contributed by atoms with Crippen LogP contribution in [0.4, 0.5) is 0 Å². The summed E-state index contributed by atoms with van der Waals surface area (Å²) in [6, 6.07) is 0. The van der Waals surface area contributed by atoms with Crippen molar-refractivity contribution in [2.24, 2.45) is 11.8 Å². The molecule has 1 saturated heterocycles. The molecule has 2 aliphatic rings. The number of hydrogen-bond acceptors (Lipinski definition) is 4. The Bertz CT molecular complexity index is 254. The van der Waals surface area contributed by atoms with E-state index >= 15 is 0 Å². The van der Waals surface area contributed by atoms with E-state index in [9.17, 15) is 15.0 Å². The molecule has 0 amide bonds. The molecule has 1 aliphatic carbocycles. The summed E-state index contributed by atoms with van der Waals surface area (Å²) in [6.45, 7) is 0. The van der Waals surface area contributed by atoms with Crippen LogP contribution in [0.3, 0.4) is 0 Å². The number of hydrogen-bond donors (Lipinski definition) is 3. The van der Waals surface area contributed by atoms with Crippen LogP contribution >= 0.6 is 0 Å². The monoisotopic (exact) mass is 202 g/mol. The van der Waals surface area contributed by atoms with Gasteiger partial charge in [-0.3, -0.25) is 0 Å². The zero-order valence-electron chi connectivity index (χ0n) is 7.72. The SMILES string of the molecule is O=C(O)C1(O)OC(O)C2CCCCC21. The van der Waals surface area contributed by atoms with Gasteiger partial charge in [-0.15, -0.1) is 0 Å². The molecule has 2 fully saturated rings. The number of carboxylic acid groups (broad SMARTS) is 1. The van der Waals surface area contributed by atoms with Crippen molar-refractivity contribution in [2.45, 2.75) is 37.8 Å². The van der Waals surface area contributed by atoms with Crippen molar-refractivity contribution >= 4 is 5.97 Å². The molecule has 4 unspecified atom stereocenters. The van der Waals surface area contributed by atoms with Crippen molar-refractivity contribution in [1.29, 1.82) is 0 Å². The van der Waals surface area contributed by atoms with E-state index in [1.165, 1.54) is 0 Å². The lowest BCUT2D eigenvalue weighted by Crippen LogP contribution is -2.45. The van der Waals surface area contributed by atoms with Crippen LogP contribution in [0.2, 0.25) is 0 Å². The molecule has 5 heteroatoms. The normalized spacial score (nSPS) is 47.4.